The van der Waals surface area contributed by atoms with E-state index in [1.807, 2.05) is 0 Å². The van der Waals surface area contributed by atoms with Crippen LogP contribution in [0.1, 0.15) is 5.69 Å². The third kappa shape index (κ3) is 3.83. The Morgan fingerprint density at radius 2 is 2.29 bits per heavy atom. The monoisotopic (exact) mass is 354 g/mol. The van der Waals surface area contributed by atoms with Gasteiger partial charge in [-0.25, -0.2) is 4.68 Å². The molecule has 0 aliphatic rings. The lowest BCUT2D eigenvalue weighted by Crippen LogP contribution is -2.19. The molecule has 21 heavy (non-hydrogen) atoms. The highest BCUT2D eigenvalue weighted by Crippen LogP contribution is 2.27. The lowest BCUT2D eigenvalue weighted by molar-refractivity contribution is -0.385. The zero-order valence-corrected chi connectivity index (χ0v) is 12.3. The third-order valence-corrected chi connectivity index (χ3v) is 3.16. The maximum absolute atomic E-state index is 11.8. The molecule has 3 N–H and O–H groups in total. The minimum atomic E-state index is -0.514. The lowest BCUT2D eigenvalue weighted by Gasteiger charge is -2.05. The van der Waals surface area contributed by atoms with E-state index in [4.69, 9.17) is 5.73 Å². The number of nitrogens with zero attached hydrogens (tertiary/aromatic N) is 4. The topological polar surface area (TPSA) is 129 Å². The molecule has 1 amide bonds. The lowest BCUT2D eigenvalue weighted by atomic mass is 10.3. The number of halogens is 1. The summed E-state index contributed by atoms with van der Waals surface area (Å²) >= 11 is 3.08. The number of benzene rings is 1. The van der Waals surface area contributed by atoms with E-state index >= 15 is 0 Å². The van der Waals surface area contributed by atoms with Crippen LogP contribution in [-0.4, -0.2) is 25.8 Å². The summed E-state index contributed by atoms with van der Waals surface area (Å²) in [6, 6.07) is 4.22. The molecule has 9 nitrogen and oxygen atoms in total. The smallest absolute Gasteiger partial charge is 0.283 e. The van der Waals surface area contributed by atoms with Crippen molar-refractivity contribution in [2.75, 3.05) is 5.32 Å². The second-order valence-corrected chi connectivity index (χ2v) is 4.94. The number of hydrogen-bond acceptors (Lipinski definition) is 6. The van der Waals surface area contributed by atoms with Gasteiger partial charge in [-0.3, -0.25) is 14.9 Å². The normalized spacial score (nSPS) is 10.4. The van der Waals surface area contributed by atoms with Crippen molar-refractivity contribution in [2.24, 2.45) is 5.73 Å². The van der Waals surface area contributed by atoms with E-state index in [0.29, 0.717) is 11.4 Å². The maximum atomic E-state index is 11.8. The fraction of sp³-hybridized carbons (Fsp3) is 0.182. The molecule has 110 valence electrons. The van der Waals surface area contributed by atoms with Gasteiger partial charge < -0.3 is 11.1 Å². The summed E-state index contributed by atoms with van der Waals surface area (Å²) in [4.78, 5) is 22.0. The highest BCUT2D eigenvalue weighted by Gasteiger charge is 2.13. The van der Waals surface area contributed by atoms with Crippen molar-refractivity contribution in [1.82, 2.24) is 15.0 Å². The van der Waals surface area contributed by atoms with Gasteiger partial charge in [0.15, 0.2) is 0 Å². The van der Waals surface area contributed by atoms with E-state index in [1.54, 1.807) is 6.20 Å². The highest BCUT2D eigenvalue weighted by atomic mass is 79.9. The molecule has 0 atom stereocenters. The Labute approximate surface area is 127 Å². The van der Waals surface area contributed by atoms with Gasteiger partial charge in [0, 0.05) is 18.3 Å². The molecule has 0 aliphatic heterocycles. The van der Waals surface area contributed by atoms with Crippen LogP contribution in [0.3, 0.4) is 0 Å². The predicted octanol–water partition coefficient (Wildman–Crippen LogP) is 1.05. The molecule has 0 fully saturated rings. The zero-order chi connectivity index (χ0) is 15.4. The Kier molecular flexibility index (Phi) is 4.60. The summed E-state index contributed by atoms with van der Waals surface area (Å²) < 4.78 is 1.65. The Morgan fingerprint density at radius 1 is 1.52 bits per heavy atom. The second kappa shape index (κ2) is 6.41. The van der Waals surface area contributed by atoms with Crippen LogP contribution in [0.5, 0.6) is 0 Å². The molecule has 0 unspecified atom stereocenters. The van der Waals surface area contributed by atoms with Crippen LogP contribution < -0.4 is 11.1 Å². The van der Waals surface area contributed by atoms with Crippen LogP contribution >= 0.6 is 15.9 Å². The largest absolute Gasteiger partial charge is 0.325 e. The SMILES string of the molecule is NCc1cn(CC(=O)Nc2ccc([N+](=O)[O-])c(Br)c2)nn1. The van der Waals surface area contributed by atoms with E-state index < -0.39 is 4.92 Å². The molecule has 2 rings (SSSR count). The zero-order valence-electron chi connectivity index (χ0n) is 10.7. The number of nitro groups is 1. The van der Waals surface area contributed by atoms with Crippen molar-refractivity contribution < 1.29 is 9.72 Å². The molecule has 1 aromatic heterocycles. The van der Waals surface area contributed by atoms with Gasteiger partial charge in [0.1, 0.15) is 6.54 Å². The summed E-state index contributed by atoms with van der Waals surface area (Å²) in [5, 5.41) is 20.8. The van der Waals surface area contributed by atoms with Gasteiger partial charge in [0.25, 0.3) is 5.69 Å². The van der Waals surface area contributed by atoms with Crippen LogP contribution in [0.15, 0.2) is 28.9 Å². The van der Waals surface area contributed by atoms with E-state index in [1.165, 1.54) is 22.9 Å². The molecule has 0 saturated carbocycles. The van der Waals surface area contributed by atoms with Gasteiger partial charge in [0.2, 0.25) is 5.91 Å². The average Bonchev–Trinajstić information content (AvgIpc) is 2.85. The second-order valence-electron chi connectivity index (χ2n) is 4.08. The molecule has 2 aromatic rings. The Hall–Kier alpha value is -2.33. The number of rotatable bonds is 5. The molecule has 0 radical (unpaired) electrons. The summed E-state index contributed by atoms with van der Waals surface area (Å²) in [5.74, 6) is -0.329. The minimum absolute atomic E-state index is 0.0262. The first-order valence-corrected chi connectivity index (χ1v) is 6.61. The molecular weight excluding hydrogens is 344 g/mol. The number of nitro benzene ring substituents is 1. The summed E-state index contributed by atoms with van der Waals surface area (Å²) in [7, 11) is 0. The summed E-state index contributed by atoms with van der Waals surface area (Å²) in [6.07, 6.45) is 1.57. The Morgan fingerprint density at radius 3 is 2.86 bits per heavy atom. The molecule has 0 bridgehead atoms. The molecule has 10 heteroatoms. The van der Waals surface area contributed by atoms with Crippen LogP contribution in [0.2, 0.25) is 0 Å². The van der Waals surface area contributed by atoms with Crippen LogP contribution in [-0.2, 0) is 17.9 Å². The summed E-state index contributed by atoms with van der Waals surface area (Å²) in [5.41, 5.74) is 6.35. The number of nitrogens with one attached hydrogen (secondary N) is 1. The first-order chi connectivity index (χ1) is 9.99. The average molecular weight is 355 g/mol. The van der Waals surface area contributed by atoms with Crippen molar-refractivity contribution >= 4 is 33.2 Å². The van der Waals surface area contributed by atoms with Crippen LogP contribution in [0.25, 0.3) is 0 Å². The predicted molar refractivity (Wildman–Crippen MR) is 77.3 cm³/mol. The molecule has 0 aliphatic carbocycles. The number of carbonyl (C=O) groups excluding carboxylic acids is 1. The van der Waals surface area contributed by atoms with Gasteiger partial charge in [-0.05, 0) is 28.1 Å². The van der Waals surface area contributed by atoms with Crippen LogP contribution in [0, 0.1) is 10.1 Å². The van der Waals surface area contributed by atoms with Crippen molar-refractivity contribution in [1.29, 1.82) is 0 Å². The number of hydrogen-bond donors (Lipinski definition) is 2. The van der Waals surface area contributed by atoms with E-state index in [2.05, 4.69) is 31.6 Å². The number of aromatic nitrogens is 3. The first-order valence-electron chi connectivity index (χ1n) is 5.82. The minimum Gasteiger partial charge on any atom is -0.325 e. The van der Waals surface area contributed by atoms with E-state index in [9.17, 15) is 14.9 Å². The van der Waals surface area contributed by atoms with Crippen LogP contribution in [0.4, 0.5) is 11.4 Å². The first kappa shape index (κ1) is 15.1. The highest BCUT2D eigenvalue weighted by molar-refractivity contribution is 9.10. The third-order valence-electron chi connectivity index (χ3n) is 2.53. The van der Waals surface area contributed by atoms with Gasteiger partial charge in [-0.1, -0.05) is 5.21 Å². The number of anilines is 1. The van der Waals surface area contributed by atoms with E-state index in [-0.39, 0.29) is 29.2 Å². The van der Waals surface area contributed by atoms with E-state index in [0.717, 1.165) is 0 Å². The van der Waals surface area contributed by atoms with Crippen molar-refractivity contribution in [3.63, 3.8) is 0 Å². The molecule has 0 saturated heterocycles. The van der Waals surface area contributed by atoms with Gasteiger partial charge in [-0.2, -0.15) is 0 Å². The van der Waals surface area contributed by atoms with Gasteiger partial charge in [-0.15, -0.1) is 5.10 Å². The number of nitrogens with two attached hydrogens (primary N) is 1. The Bertz CT molecular complexity index is 686. The fourth-order valence-electron chi connectivity index (χ4n) is 1.59. The van der Waals surface area contributed by atoms with Crippen molar-refractivity contribution in [3.05, 3.63) is 44.7 Å². The fourth-order valence-corrected chi connectivity index (χ4v) is 2.11. The van der Waals surface area contributed by atoms with Gasteiger partial charge >= 0.3 is 0 Å². The Balaban J connectivity index is 2.02. The number of carbonyl (C=O) groups is 1. The summed E-state index contributed by atoms with van der Waals surface area (Å²) in [6.45, 7) is 0.221. The molecule has 1 heterocycles. The molecular formula is C11H11BrN6O3. The quantitative estimate of drug-likeness (QED) is 0.609. The standard InChI is InChI=1S/C11H11BrN6O3/c12-9-3-7(1-2-10(9)18(20)21)14-11(19)6-17-5-8(4-13)15-16-17/h1-3,5H,4,6,13H2,(H,14,19). The molecule has 1 aromatic carbocycles. The maximum Gasteiger partial charge on any atom is 0.283 e. The number of amides is 1. The van der Waals surface area contributed by atoms with Crippen molar-refractivity contribution in [2.45, 2.75) is 13.1 Å². The van der Waals surface area contributed by atoms with Crippen molar-refractivity contribution in [3.8, 4) is 0 Å². The van der Waals surface area contributed by atoms with Gasteiger partial charge in [0.05, 0.1) is 21.3 Å². The molecule has 0 spiro atoms.